The molecule has 1 heterocycles. The number of carbonyl (C=O) groups excluding carboxylic acids is 1. The number of ether oxygens (including phenoxy) is 1. The van der Waals surface area contributed by atoms with Gasteiger partial charge in [0.15, 0.2) is 5.78 Å². The molecule has 0 radical (unpaired) electrons. The van der Waals surface area contributed by atoms with Crippen molar-refractivity contribution in [2.45, 2.75) is 12.8 Å². The van der Waals surface area contributed by atoms with Crippen LogP contribution in [0.15, 0.2) is 27.1 Å². The number of hydrogen-bond donors (Lipinski definition) is 0. The van der Waals surface area contributed by atoms with Gasteiger partial charge in [0.25, 0.3) is 0 Å². The third kappa shape index (κ3) is 2.93. The van der Waals surface area contributed by atoms with E-state index in [2.05, 4.69) is 31.9 Å². The van der Waals surface area contributed by atoms with E-state index in [-0.39, 0.29) is 11.7 Å². The van der Waals surface area contributed by atoms with Gasteiger partial charge in [-0.25, -0.2) is 0 Å². The van der Waals surface area contributed by atoms with E-state index in [9.17, 15) is 4.79 Å². The van der Waals surface area contributed by atoms with Crippen LogP contribution in [0.4, 0.5) is 0 Å². The maximum atomic E-state index is 12.2. The van der Waals surface area contributed by atoms with Gasteiger partial charge >= 0.3 is 0 Å². The fourth-order valence-corrected chi connectivity index (χ4v) is 3.19. The number of Topliss-reactive ketones (excluding diaryl/α,β-unsaturated/α-hetero) is 1. The van der Waals surface area contributed by atoms with Crippen LogP contribution in [0.3, 0.4) is 0 Å². The zero-order valence-electron chi connectivity index (χ0n) is 8.71. The first-order valence-electron chi connectivity index (χ1n) is 5.25. The minimum atomic E-state index is 0.120. The molecule has 4 heteroatoms. The van der Waals surface area contributed by atoms with Gasteiger partial charge < -0.3 is 4.74 Å². The monoisotopic (exact) mass is 346 g/mol. The van der Waals surface area contributed by atoms with E-state index in [1.165, 1.54) is 0 Å². The van der Waals surface area contributed by atoms with Gasteiger partial charge in [-0.1, -0.05) is 31.9 Å². The average molecular weight is 348 g/mol. The third-order valence-electron chi connectivity index (χ3n) is 2.74. The molecule has 0 N–H and O–H groups in total. The minimum Gasteiger partial charge on any atom is -0.381 e. The van der Waals surface area contributed by atoms with Crippen molar-refractivity contribution in [3.05, 3.63) is 32.7 Å². The van der Waals surface area contributed by atoms with Gasteiger partial charge in [0.05, 0.1) is 0 Å². The predicted molar refractivity (Wildman–Crippen MR) is 69.7 cm³/mol. The molecule has 2 nitrogen and oxygen atoms in total. The lowest BCUT2D eigenvalue weighted by Gasteiger charge is -2.20. The molecular formula is C12H12Br2O2. The van der Waals surface area contributed by atoms with Crippen molar-refractivity contribution in [1.82, 2.24) is 0 Å². The van der Waals surface area contributed by atoms with Crippen LogP contribution < -0.4 is 0 Å². The number of ketones is 1. The van der Waals surface area contributed by atoms with Crippen molar-refractivity contribution in [2.24, 2.45) is 5.92 Å². The standard InChI is InChI=1S/C12H12Br2O2/c13-10-5-9(6-11(14)7-10)12(15)8-1-3-16-4-2-8/h5-8H,1-4H2. The van der Waals surface area contributed by atoms with Crippen LogP contribution in [0, 0.1) is 5.92 Å². The Hall–Kier alpha value is -0.190. The smallest absolute Gasteiger partial charge is 0.166 e. The Balaban J connectivity index is 2.19. The molecule has 0 bridgehead atoms. The van der Waals surface area contributed by atoms with Crippen LogP contribution >= 0.6 is 31.9 Å². The van der Waals surface area contributed by atoms with Crippen LogP contribution in [0.5, 0.6) is 0 Å². The summed E-state index contributed by atoms with van der Waals surface area (Å²) in [6.45, 7) is 1.40. The molecule has 0 saturated carbocycles. The Morgan fingerprint density at radius 2 is 1.69 bits per heavy atom. The van der Waals surface area contributed by atoms with Crippen molar-refractivity contribution in [3.8, 4) is 0 Å². The van der Waals surface area contributed by atoms with E-state index in [1.807, 2.05) is 18.2 Å². The first kappa shape index (κ1) is 12.3. The predicted octanol–water partition coefficient (Wildman–Crippen LogP) is 3.82. The van der Waals surface area contributed by atoms with Crippen molar-refractivity contribution < 1.29 is 9.53 Å². The van der Waals surface area contributed by atoms with Crippen LogP contribution in [-0.2, 0) is 4.74 Å². The normalized spacial score (nSPS) is 17.4. The zero-order chi connectivity index (χ0) is 11.5. The summed E-state index contributed by atoms with van der Waals surface area (Å²) in [4.78, 5) is 12.2. The summed E-state index contributed by atoms with van der Waals surface area (Å²) in [6, 6.07) is 5.69. The molecule has 86 valence electrons. The van der Waals surface area contributed by atoms with Crippen molar-refractivity contribution in [2.75, 3.05) is 13.2 Å². The molecule has 0 aliphatic carbocycles. The minimum absolute atomic E-state index is 0.120. The summed E-state index contributed by atoms with van der Waals surface area (Å²) in [5.41, 5.74) is 0.771. The maximum Gasteiger partial charge on any atom is 0.166 e. The lowest BCUT2D eigenvalue weighted by Crippen LogP contribution is -2.23. The fourth-order valence-electron chi connectivity index (χ4n) is 1.89. The highest BCUT2D eigenvalue weighted by atomic mass is 79.9. The topological polar surface area (TPSA) is 26.3 Å². The molecule has 1 aliphatic rings. The largest absolute Gasteiger partial charge is 0.381 e. The second kappa shape index (κ2) is 5.43. The number of hydrogen-bond acceptors (Lipinski definition) is 2. The van der Waals surface area contributed by atoms with Crippen molar-refractivity contribution in [1.29, 1.82) is 0 Å². The Morgan fingerprint density at radius 1 is 1.12 bits per heavy atom. The van der Waals surface area contributed by atoms with E-state index in [0.29, 0.717) is 13.2 Å². The van der Waals surface area contributed by atoms with E-state index in [1.54, 1.807) is 0 Å². The summed E-state index contributed by atoms with van der Waals surface area (Å²) >= 11 is 6.80. The van der Waals surface area contributed by atoms with Crippen LogP contribution in [0.2, 0.25) is 0 Å². The maximum absolute atomic E-state index is 12.2. The fraction of sp³-hybridized carbons (Fsp3) is 0.417. The summed E-state index contributed by atoms with van der Waals surface area (Å²) in [7, 11) is 0. The highest BCUT2D eigenvalue weighted by Gasteiger charge is 2.23. The lowest BCUT2D eigenvalue weighted by atomic mass is 9.91. The van der Waals surface area contributed by atoms with Crippen molar-refractivity contribution >= 4 is 37.6 Å². The molecule has 0 amide bonds. The quantitative estimate of drug-likeness (QED) is 0.760. The Labute approximate surface area is 112 Å². The van der Waals surface area contributed by atoms with Gasteiger partial charge in [-0.2, -0.15) is 0 Å². The van der Waals surface area contributed by atoms with Crippen LogP contribution in [-0.4, -0.2) is 19.0 Å². The average Bonchev–Trinajstić information content (AvgIpc) is 2.28. The molecule has 1 aromatic rings. The van der Waals surface area contributed by atoms with Crippen LogP contribution in [0.25, 0.3) is 0 Å². The SMILES string of the molecule is O=C(c1cc(Br)cc(Br)c1)C1CCOCC1. The Morgan fingerprint density at radius 3 is 2.25 bits per heavy atom. The number of rotatable bonds is 2. The van der Waals surface area contributed by atoms with Gasteiger partial charge in [0.1, 0.15) is 0 Å². The molecule has 1 aromatic carbocycles. The molecule has 0 aromatic heterocycles. The van der Waals surface area contributed by atoms with E-state index < -0.39 is 0 Å². The lowest BCUT2D eigenvalue weighted by molar-refractivity contribution is 0.0545. The molecule has 2 rings (SSSR count). The number of benzene rings is 1. The third-order valence-corrected chi connectivity index (χ3v) is 3.65. The summed E-state index contributed by atoms with van der Waals surface area (Å²) in [5.74, 6) is 0.347. The summed E-state index contributed by atoms with van der Waals surface area (Å²) in [6.07, 6.45) is 1.67. The van der Waals surface area contributed by atoms with Gasteiger partial charge in [-0.3, -0.25) is 4.79 Å². The highest BCUT2D eigenvalue weighted by molar-refractivity contribution is 9.11. The van der Waals surface area contributed by atoms with Crippen LogP contribution in [0.1, 0.15) is 23.2 Å². The number of carbonyl (C=O) groups is 1. The summed E-state index contributed by atoms with van der Waals surface area (Å²) in [5, 5.41) is 0. The molecule has 1 saturated heterocycles. The zero-order valence-corrected chi connectivity index (χ0v) is 11.9. The second-order valence-corrected chi connectivity index (χ2v) is 5.74. The molecular weight excluding hydrogens is 336 g/mol. The first-order valence-corrected chi connectivity index (χ1v) is 6.83. The Kier molecular flexibility index (Phi) is 4.16. The molecule has 16 heavy (non-hydrogen) atoms. The summed E-state index contributed by atoms with van der Waals surface area (Å²) < 4.78 is 7.12. The number of halogens is 2. The molecule has 0 unspecified atom stereocenters. The van der Waals surface area contributed by atoms with E-state index in [0.717, 1.165) is 27.4 Å². The second-order valence-electron chi connectivity index (χ2n) is 3.91. The molecule has 0 atom stereocenters. The van der Waals surface area contributed by atoms with Gasteiger partial charge in [0.2, 0.25) is 0 Å². The first-order chi connectivity index (χ1) is 7.66. The van der Waals surface area contributed by atoms with Gasteiger partial charge in [0, 0.05) is 33.6 Å². The van der Waals surface area contributed by atoms with Crippen molar-refractivity contribution in [3.63, 3.8) is 0 Å². The van der Waals surface area contributed by atoms with Gasteiger partial charge in [-0.15, -0.1) is 0 Å². The highest BCUT2D eigenvalue weighted by Crippen LogP contribution is 2.25. The molecule has 1 fully saturated rings. The van der Waals surface area contributed by atoms with E-state index in [4.69, 9.17) is 4.74 Å². The molecule has 1 aliphatic heterocycles. The Bertz CT molecular complexity index is 378. The van der Waals surface area contributed by atoms with Gasteiger partial charge in [-0.05, 0) is 31.0 Å². The molecule has 0 spiro atoms. The van der Waals surface area contributed by atoms with E-state index >= 15 is 0 Å².